The van der Waals surface area contributed by atoms with Crippen molar-refractivity contribution >= 4 is 11.9 Å². The summed E-state index contributed by atoms with van der Waals surface area (Å²) in [5, 5.41) is 0. The number of hydrogen-bond donors (Lipinski definition) is 0. The van der Waals surface area contributed by atoms with E-state index >= 15 is 0 Å². The zero-order valence-corrected chi connectivity index (χ0v) is 34.0. The normalized spacial score (nSPS) is 12.7. The smallest absolute Gasteiger partial charge is 0.306 e. The minimum Gasteiger partial charge on any atom is -0.461 e. The van der Waals surface area contributed by atoms with Crippen molar-refractivity contribution in [3.63, 3.8) is 0 Å². The molecule has 6 nitrogen and oxygen atoms in total. The molecule has 0 aromatic heterocycles. The van der Waals surface area contributed by atoms with Gasteiger partial charge in [-0.3, -0.25) is 9.59 Å². The van der Waals surface area contributed by atoms with Crippen LogP contribution in [0.25, 0.3) is 0 Å². The molecular weight excluding hydrogens is 622 g/mol. The lowest BCUT2D eigenvalue weighted by Gasteiger charge is -2.32. The summed E-state index contributed by atoms with van der Waals surface area (Å²) in [6, 6.07) is 0. The van der Waals surface area contributed by atoms with Gasteiger partial charge in [-0.25, -0.2) is 0 Å². The van der Waals surface area contributed by atoms with Gasteiger partial charge in [0.2, 0.25) is 0 Å². The highest BCUT2D eigenvalue weighted by Crippen LogP contribution is 2.14. The molecule has 0 saturated carbocycles. The number of allylic oxidation sites excluding steroid dienone is 4. The molecular formula is C44H84NO5+. The van der Waals surface area contributed by atoms with Crippen molar-refractivity contribution in [2.75, 3.05) is 47.5 Å². The number of carbonyl (C=O) groups excluding carboxylic acids is 2. The number of unbranched alkanes of at least 4 members (excludes halogenated alkanes) is 22. The van der Waals surface area contributed by atoms with Gasteiger partial charge in [-0.1, -0.05) is 141 Å². The predicted molar refractivity (Wildman–Crippen MR) is 213 cm³/mol. The Labute approximate surface area is 311 Å². The first kappa shape index (κ1) is 48.3. The summed E-state index contributed by atoms with van der Waals surface area (Å²) < 4.78 is 17.4. The Bertz CT molecular complexity index is 808. The van der Waals surface area contributed by atoms with Gasteiger partial charge in [-0.2, -0.15) is 0 Å². The third-order valence-electron chi connectivity index (χ3n) is 9.61. The van der Waals surface area contributed by atoms with E-state index in [1.165, 1.54) is 116 Å². The average molecular weight is 707 g/mol. The second kappa shape index (κ2) is 37.1. The van der Waals surface area contributed by atoms with Gasteiger partial charge in [0.1, 0.15) is 19.7 Å². The molecule has 0 fully saturated rings. The van der Waals surface area contributed by atoms with Gasteiger partial charge in [0, 0.05) is 20.0 Å². The molecule has 6 heteroatoms. The quantitative estimate of drug-likeness (QED) is 0.0277. The first-order chi connectivity index (χ1) is 24.3. The minimum atomic E-state index is -0.449. The molecule has 0 N–H and O–H groups in total. The SMILES string of the molecule is CCCCCCCC/C=C/CCCCCCCC(=O)OCC(C[N+](C)(C)CCOC)OC(=O)CCCCCCC/C=C/CCCCCCCC. The highest BCUT2D eigenvalue weighted by Gasteiger charge is 2.26. The third kappa shape index (κ3) is 36.1. The topological polar surface area (TPSA) is 61.8 Å². The van der Waals surface area contributed by atoms with Crippen molar-refractivity contribution in [2.24, 2.45) is 0 Å². The van der Waals surface area contributed by atoms with E-state index in [-0.39, 0.29) is 18.5 Å². The van der Waals surface area contributed by atoms with Crippen LogP contribution in [0.2, 0.25) is 0 Å². The second-order valence-electron chi connectivity index (χ2n) is 15.3. The highest BCUT2D eigenvalue weighted by atomic mass is 16.6. The van der Waals surface area contributed by atoms with Crippen molar-refractivity contribution < 1.29 is 28.3 Å². The molecule has 0 heterocycles. The van der Waals surface area contributed by atoms with E-state index in [0.29, 0.717) is 30.5 Å². The number of quaternary nitrogens is 1. The molecule has 1 unspecified atom stereocenters. The van der Waals surface area contributed by atoms with Crippen molar-refractivity contribution in [3.05, 3.63) is 24.3 Å². The Morgan fingerprint density at radius 2 is 0.920 bits per heavy atom. The lowest BCUT2D eigenvalue weighted by atomic mass is 10.1. The van der Waals surface area contributed by atoms with Gasteiger partial charge >= 0.3 is 11.9 Å². The Balaban J connectivity index is 4.15. The Kier molecular flexibility index (Phi) is 35.9. The van der Waals surface area contributed by atoms with Gasteiger partial charge < -0.3 is 18.7 Å². The molecule has 294 valence electrons. The fourth-order valence-electron chi connectivity index (χ4n) is 6.29. The Morgan fingerprint density at radius 1 is 0.540 bits per heavy atom. The molecule has 0 rings (SSSR count). The van der Waals surface area contributed by atoms with Gasteiger partial charge in [-0.05, 0) is 64.2 Å². The molecule has 0 aliphatic heterocycles. The Morgan fingerprint density at radius 3 is 1.34 bits per heavy atom. The maximum Gasteiger partial charge on any atom is 0.306 e. The molecule has 0 radical (unpaired) electrons. The van der Waals surface area contributed by atoms with E-state index in [1.807, 2.05) is 0 Å². The molecule has 0 aromatic rings. The number of rotatable bonds is 38. The van der Waals surface area contributed by atoms with Crippen LogP contribution < -0.4 is 0 Å². The molecule has 0 aliphatic rings. The fraction of sp³-hybridized carbons (Fsp3) is 0.864. The van der Waals surface area contributed by atoms with Crippen LogP contribution in [0.15, 0.2) is 24.3 Å². The van der Waals surface area contributed by atoms with Crippen LogP contribution in [-0.2, 0) is 23.8 Å². The number of nitrogens with zero attached hydrogens (tertiary/aromatic N) is 1. The molecule has 0 bridgehead atoms. The van der Waals surface area contributed by atoms with Crippen LogP contribution >= 0.6 is 0 Å². The summed E-state index contributed by atoms with van der Waals surface area (Å²) in [7, 11) is 5.89. The summed E-state index contributed by atoms with van der Waals surface area (Å²) in [5.41, 5.74) is 0. The van der Waals surface area contributed by atoms with E-state index < -0.39 is 6.10 Å². The van der Waals surface area contributed by atoms with Gasteiger partial charge in [0.05, 0.1) is 20.7 Å². The first-order valence-electron chi connectivity index (χ1n) is 21.3. The number of likely N-dealkylation sites (N-methyl/N-ethyl adjacent to an activating group) is 1. The maximum absolute atomic E-state index is 12.8. The standard InChI is InChI=1S/C44H84NO5/c1-6-8-10-12-14-16-18-20-22-24-26-28-30-32-34-36-43(46)49-41-42(40-45(3,4)38-39-48-5)50-44(47)37-35-33-31-29-27-25-23-21-19-17-15-13-11-9-7-2/h20-23,42H,6-19,24-41H2,1-5H3/q+1/b22-20+,23-21+. The van der Waals surface area contributed by atoms with Crippen LogP contribution in [0, 0.1) is 0 Å². The van der Waals surface area contributed by atoms with Crippen molar-refractivity contribution in [1.82, 2.24) is 0 Å². The van der Waals surface area contributed by atoms with E-state index in [2.05, 4.69) is 52.2 Å². The van der Waals surface area contributed by atoms with Crippen molar-refractivity contribution in [1.29, 1.82) is 0 Å². The Hall–Kier alpha value is -1.66. The number of carbonyl (C=O) groups is 2. The number of ether oxygens (including phenoxy) is 3. The van der Waals surface area contributed by atoms with Crippen LogP contribution in [0.4, 0.5) is 0 Å². The minimum absolute atomic E-state index is 0.122. The molecule has 1 atom stereocenters. The van der Waals surface area contributed by atoms with E-state index in [4.69, 9.17) is 14.2 Å². The second-order valence-corrected chi connectivity index (χ2v) is 15.3. The molecule has 0 aromatic carbocycles. The van der Waals surface area contributed by atoms with Crippen molar-refractivity contribution in [3.8, 4) is 0 Å². The van der Waals surface area contributed by atoms with E-state index in [0.717, 1.165) is 57.9 Å². The summed E-state index contributed by atoms with van der Waals surface area (Å²) >= 11 is 0. The average Bonchev–Trinajstić information content (AvgIpc) is 3.09. The number of methoxy groups -OCH3 is 1. The van der Waals surface area contributed by atoms with Crippen LogP contribution in [0.1, 0.15) is 194 Å². The number of hydrogen-bond acceptors (Lipinski definition) is 5. The lowest BCUT2D eigenvalue weighted by Crippen LogP contribution is -2.49. The van der Waals surface area contributed by atoms with Crippen LogP contribution in [0.5, 0.6) is 0 Å². The molecule has 50 heavy (non-hydrogen) atoms. The summed E-state index contributed by atoms with van der Waals surface area (Å²) in [6.07, 6.45) is 41.8. The largest absolute Gasteiger partial charge is 0.461 e. The molecule has 0 aliphatic carbocycles. The maximum atomic E-state index is 12.8. The highest BCUT2D eigenvalue weighted by molar-refractivity contribution is 5.70. The van der Waals surface area contributed by atoms with Crippen LogP contribution in [0.3, 0.4) is 0 Å². The predicted octanol–water partition coefficient (Wildman–Crippen LogP) is 12.2. The third-order valence-corrected chi connectivity index (χ3v) is 9.61. The zero-order chi connectivity index (χ0) is 36.8. The summed E-state index contributed by atoms with van der Waals surface area (Å²) in [6.45, 7) is 6.66. The van der Waals surface area contributed by atoms with Crippen molar-refractivity contribution in [2.45, 2.75) is 200 Å². The zero-order valence-electron chi connectivity index (χ0n) is 34.0. The lowest BCUT2D eigenvalue weighted by molar-refractivity contribution is -0.893. The summed E-state index contributed by atoms with van der Waals surface area (Å²) in [4.78, 5) is 25.3. The van der Waals surface area contributed by atoms with Gasteiger partial charge in [0.15, 0.2) is 6.10 Å². The molecule has 0 spiro atoms. The van der Waals surface area contributed by atoms with Gasteiger partial charge in [-0.15, -0.1) is 0 Å². The monoisotopic (exact) mass is 707 g/mol. The number of esters is 2. The summed E-state index contributed by atoms with van der Waals surface area (Å²) in [5.74, 6) is -0.379. The first-order valence-corrected chi connectivity index (χ1v) is 21.3. The fourth-order valence-corrected chi connectivity index (χ4v) is 6.29. The molecule has 0 saturated heterocycles. The van der Waals surface area contributed by atoms with E-state index in [9.17, 15) is 9.59 Å². The van der Waals surface area contributed by atoms with Crippen LogP contribution in [-0.4, -0.2) is 70.0 Å². The molecule has 0 amide bonds. The van der Waals surface area contributed by atoms with E-state index in [1.54, 1.807) is 7.11 Å². The van der Waals surface area contributed by atoms with Gasteiger partial charge in [0.25, 0.3) is 0 Å².